The molecule has 0 N–H and O–H groups in total. The van der Waals surface area contributed by atoms with E-state index in [1.807, 2.05) is 38.1 Å². The van der Waals surface area contributed by atoms with E-state index in [-0.39, 0.29) is 11.2 Å². The minimum atomic E-state index is -0.822. The second-order valence-electron chi connectivity index (χ2n) is 5.71. The molecule has 0 heterocycles. The second kappa shape index (κ2) is 4.51. The van der Waals surface area contributed by atoms with Crippen LogP contribution in [0.2, 0.25) is 0 Å². The lowest BCUT2D eigenvalue weighted by molar-refractivity contribution is -0.130. The molecule has 0 saturated heterocycles. The molecule has 3 heteroatoms. The summed E-state index contributed by atoms with van der Waals surface area (Å²) in [4.78, 5) is 12.4. The van der Waals surface area contributed by atoms with E-state index in [1.54, 1.807) is 0 Å². The summed E-state index contributed by atoms with van der Waals surface area (Å²) in [6.07, 6.45) is 2.00. The fourth-order valence-corrected chi connectivity index (χ4v) is 2.93. The topological polar surface area (TPSA) is 40.9 Å². The molecule has 18 heavy (non-hydrogen) atoms. The summed E-state index contributed by atoms with van der Waals surface area (Å²) in [7, 11) is 0. The minimum Gasteiger partial charge on any atom is -0.297 e. The molecule has 2 rings (SSSR count). The van der Waals surface area contributed by atoms with Crippen LogP contribution in [-0.2, 0) is 11.2 Å². The molecule has 0 aromatic heterocycles. The second-order valence-corrected chi connectivity index (χ2v) is 6.63. The number of nitriles is 1. The highest BCUT2D eigenvalue weighted by Crippen LogP contribution is 2.47. The van der Waals surface area contributed by atoms with Gasteiger partial charge in [0.25, 0.3) is 0 Å². The van der Waals surface area contributed by atoms with Crippen molar-refractivity contribution in [3.63, 3.8) is 0 Å². The van der Waals surface area contributed by atoms with Gasteiger partial charge in [0.2, 0.25) is 0 Å². The highest BCUT2D eigenvalue weighted by molar-refractivity contribution is 9.10. The molecule has 1 unspecified atom stereocenters. The molecule has 1 aliphatic carbocycles. The van der Waals surface area contributed by atoms with Gasteiger partial charge in [-0.05, 0) is 37.0 Å². The molecule has 1 saturated carbocycles. The molecule has 1 aromatic carbocycles. The van der Waals surface area contributed by atoms with Gasteiger partial charge in [0.15, 0.2) is 5.78 Å². The molecule has 1 atom stereocenters. The fraction of sp³-hybridized carbons (Fsp3) is 0.467. The van der Waals surface area contributed by atoms with Gasteiger partial charge in [-0.1, -0.05) is 41.9 Å². The van der Waals surface area contributed by atoms with Gasteiger partial charge in [-0.3, -0.25) is 4.79 Å². The quantitative estimate of drug-likeness (QED) is 0.831. The van der Waals surface area contributed by atoms with Crippen molar-refractivity contribution in [2.24, 2.45) is 10.8 Å². The Bertz CT molecular complexity index is 512. The number of hydrogen-bond donors (Lipinski definition) is 0. The van der Waals surface area contributed by atoms with Crippen LogP contribution in [0.5, 0.6) is 0 Å². The van der Waals surface area contributed by atoms with Crippen LogP contribution in [0.3, 0.4) is 0 Å². The zero-order valence-electron chi connectivity index (χ0n) is 10.7. The highest BCUT2D eigenvalue weighted by atomic mass is 79.9. The normalized spacial score (nSPS) is 26.0. The SMILES string of the molecule is CC1(C)CCC(C#N)(Cc2ccc(Br)cc2)C1=O. The Balaban J connectivity index is 2.29. The standard InChI is InChI=1S/C15H16BrNO/c1-14(2)7-8-15(10-17,13(14)18)9-11-3-5-12(16)6-4-11/h3-6H,7-9H2,1-2H3. The van der Waals surface area contributed by atoms with E-state index >= 15 is 0 Å². The number of ketones is 1. The van der Waals surface area contributed by atoms with Gasteiger partial charge < -0.3 is 0 Å². The summed E-state index contributed by atoms with van der Waals surface area (Å²) in [5, 5.41) is 9.45. The van der Waals surface area contributed by atoms with Gasteiger partial charge >= 0.3 is 0 Å². The van der Waals surface area contributed by atoms with Crippen molar-refractivity contribution in [1.29, 1.82) is 5.26 Å². The van der Waals surface area contributed by atoms with Crippen molar-refractivity contribution in [3.05, 3.63) is 34.3 Å². The molecule has 0 aliphatic heterocycles. The first kappa shape index (κ1) is 13.3. The maximum Gasteiger partial charge on any atom is 0.158 e. The van der Waals surface area contributed by atoms with Crippen LogP contribution in [0.4, 0.5) is 0 Å². The van der Waals surface area contributed by atoms with Crippen molar-refractivity contribution in [3.8, 4) is 6.07 Å². The van der Waals surface area contributed by atoms with Crippen molar-refractivity contribution < 1.29 is 4.79 Å². The third-order valence-electron chi connectivity index (χ3n) is 3.86. The number of carbonyl (C=O) groups is 1. The van der Waals surface area contributed by atoms with Crippen molar-refractivity contribution in [1.82, 2.24) is 0 Å². The molecule has 2 nitrogen and oxygen atoms in total. The van der Waals surface area contributed by atoms with Crippen LogP contribution in [0.1, 0.15) is 32.3 Å². The fourth-order valence-electron chi connectivity index (χ4n) is 2.67. The molecule has 0 spiro atoms. The van der Waals surface area contributed by atoms with Crippen LogP contribution in [0.25, 0.3) is 0 Å². The van der Waals surface area contributed by atoms with Crippen molar-refractivity contribution >= 4 is 21.7 Å². The molecule has 1 aromatic rings. The number of halogens is 1. The predicted molar refractivity (Wildman–Crippen MR) is 73.9 cm³/mol. The molecule has 0 bridgehead atoms. The van der Waals surface area contributed by atoms with Crippen LogP contribution in [-0.4, -0.2) is 5.78 Å². The third-order valence-corrected chi connectivity index (χ3v) is 4.39. The van der Waals surface area contributed by atoms with Gasteiger partial charge in [-0.2, -0.15) is 5.26 Å². The third kappa shape index (κ3) is 2.22. The van der Waals surface area contributed by atoms with Crippen LogP contribution in [0, 0.1) is 22.2 Å². The Morgan fingerprint density at radius 3 is 2.33 bits per heavy atom. The maximum absolute atomic E-state index is 12.4. The lowest BCUT2D eigenvalue weighted by atomic mass is 9.77. The highest BCUT2D eigenvalue weighted by Gasteiger charge is 2.52. The number of nitrogens with zero attached hydrogens (tertiary/aromatic N) is 1. The molecule has 1 fully saturated rings. The van der Waals surface area contributed by atoms with E-state index in [4.69, 9.17) is 0 Å². The van der Waals surface area contributed by atoms with Crippen LogP contribution < -0.4 is 0 Å². The smallest absolute Gasteiger partial charge is 0.158 e. The first-order valence-corrected chi connectivity index (χ1v) is 6.90. The molecule has 0 radical (unpaired) electrons. The summed E-state index contributed by atoms with van der Waals surface area (Å²) >= 11 is 3.39. The Morgan fingerprint density at radius 2 is 1.89 bits per heavy atom. The first-order valence-electron chi connectivity index (χ1n) is 6.10. The Hall–Kier alpha value is -1.14. The van der Waals surface area contributed by atoms with E-state index in [0.29, 0.717) is 12.8 Å². The Morgan fingerprint density at radius 1 is 1.28 bits per heavy atom. The zero-order valence-corrected chi connectivity index (χ0v) is 12.3. The average molecular weight is 306 g/mol. The van der Waals surface area contributed by atoms with Gasteiger partial charge in [-0.15, -0.1) is 0 Å². The van der Waals surface area contributed by atoms with Crippen LogP contribution in [0.15, 0.2) is 28.7 Å². The summed E-state index contributed by atoms with van der Waals surface area (Å²) in [5.74, 6) is 0.0976. The Labute approximate surface area is 116 Å². The van der Waals surface area contributed by atoms with Gasteiger partial charge in [0.05, 0.1) is 6.07 Å². The predicted octanol–water partition coefficient (Wildman–Crippen LogP) is 3.89. The summed E-state index contributed by atoms with van der Waals surface area (Å²) in [5.41, 5.74) is -0.131. The minimum absolute atomic E-state index is 0.0976. The van der Waals surface area contributed by atoms with Gasteiger partial charge in [0, 0.05) is 9.89 Å². The number of carbonyl (C=O) groups excluding carboxylic acids is 1. The largest absolute Gasteiger partial charge is 0.297 e. The van der Waals surface area contributed by atoms with E-state index in [0.717, 1.165) is 16.5 Å². The zero-order chi connectivity index (χ0) is 13.4. The number of Topliss-reactive ketones (excluding diaryl/α,β-unsaturated/α-hetero) is 1. The van der Waals surface area contributed by atoms with Gasteiger partial charge in [0.1, 0.15) is 5.41 Å². The average Bonchev–Trinajstić information content (AvgIpc) is 2.57. The monoisotopic (exact) mass is 305 g/mol. The summed E-state index contributed by atoms with van der Waals surface area (Å²) in [6.45, 7) is 3.88. The van der Waals surface area contributed by atoms with E-state index in [9.17, 15) is 10.1 Å². The van der Waals surface area contributed by atoms with Crippen molar-refractivity contribution in [2.75, 3.05) is 0 Å². The van der Waals surface area contributed by atoms with E-state index in [2.05, 4.69) is 22.0 Å². The molecule has 94 valence electrons. The lowest BCUT2D eigenvalue weighted by Gasteiger charge is -2.22. The molecular formula is C15H16BrNO. The number of benzene rings is 1. The van der Waals surface area contributed by atoms with Crippen LogP contribution >= 0.6 is 15.9 Å². The van der Waals surface area contributed by atoms with Gasteiger partial charge in [-0.25, -0.2) is 0 Å². The van der Waals surface area contributed by atoms with E-state index in [1.165, 1.54) is 0 Å². The lowest BCUT2D eigenvalue weighted by Crippen LogP contribution is -2.33. The molecule has 0 amide bonds. The summed E-state index contributed by atoms with van der Waals surface area (Å²) in [6, 6.07) is 10.1. The number of hydrogen-bond acceptors (Lipinski definition) is 2. The first-order chi connectivity index (χ1) is 8.39. The molecular weight excluding hydrogens is 290 g/mol. The maximum atomic E-state index is 12.4. The summed E-state index contributed by atoms with van der Waals surface area (Å²) < 4.78 is 1.01. The molecule has 1 aliphatic rings. The Kier molecular flexibility index (Phi) is 3.33. The number of rotatable bonds is 2. The van der Waals surface area contributed by atoms with Crippen molar-refractivity contribution in [2.45, 2.75) is 33.1 Å². The van der Waals surface area contributed by atoms with E-state index < -0.39 is 5.41 Å².